The predicted molar refractivity (Wildman–Crippen MR) is 118 cm³/mol. The van der Waals surface area contributed by atoms with Gasteiger partial charge in [0, 0.05) is 48.6 Å². The molecule has 34 heavy (non-hydrogen) atoms. The van der Waals surface area contributed by atoms with Crippen LogP contribution < -0.4 is 4.90 Å². The van der Waals surface area contributed by atoms with Crippen molar-refractivity contribution >= 4 is 17.1 Å². The molecule has 3 aromatic heterocycles. The number of nitrogens with zero attached hydrogens (tertiary/aromatic N) is 6. The molecule has 0 N–H and O–H groups in total. The van der Waals surface area contributed by atoms with E-state index in [0.717, 1.165) is 29.5 Å². The smallest absolute Gasteiger partial charge is 0.273 e. The summed E-state index contributed by atoms with van der Waals surface area (Å²) in [4.78, 5) is 15.2. The first kappa shape index (κ1) is 21.2. The Labute approximate surface area is 194 Å². The Morgan fingerprint density at radius 3 is 2.79 bits per heavy atom. The zero-order chi connectivity index (χ0) is 23.7. The molecule has 8 nitrogen and oxygen atoms in total. The van der Waals surface area contributed by atoms with Crippen LogP contribution in [-0.4, -0.2) is 51.0 Å². The van der Waals surface area contributed by atoms with E-state index in [2.05, 4.69) is 16.3 Å². The molecule has 1 amide bonds. The van der Waals surface area contributed by atoms with Crippen LogP contribution in [0, 0.1) is 28.6 Å². The maximum absolute atomic E-state index is 13.8. The van der Waals surface area contributed by atoms with Crippen LogP contribution in [0.3, 0.4) is 0 Å². The summed E-state index contributed by atoms with van der Waals surface area (Å²) in [7, 11) is 0. The number of hydrogen-bond donors (Lipinski definition) is 0. The number of halogens is 2. The molecule has 1 aliphatic carbocycles. The number of carbonyl (C=O) groups excluding carboxylic acids is 1. The third-order valence-electron chi connectivity index (χ3n) is 7.48. The molecule has 0 spiro atoms. The minimum absolute atomic E-state index is 0.0609. The summed E-state index contributed by atoms with van der Waals surface area (Å²) < 4.78 is 35.8. The lowest BCUT2D eigenvalue weighted by Crippen LogP contribution is -2.37. The maximum atomic E-state index is 13.8. The quantitative estimate of drug-likeness (QED) is 0.585. The van der Waals surface area contributed by atoms with Crippen LogP contribution >= 0.6 is 0 Å². The molecule has 0 unspecified atom stereocenters. The largest absolute Gasteiger partial charge is 0.373 e. The number of anilines is 1. The van der Waals surface area contributed by atoms with Gasteiger partial charge in [-0.05, 0) is 30.9 Å². The molecule has 3 atom stereocenters. The summed E-state index contributed by atoms with van der Waals surface area (Å²) in [6, 6.07) is 5.55. The number of aromatic nitrogens is 4. The maximum Gasteiger partial charge on any atom is 0.273 e. The first-order valence-electron chi connectivity index (χ1n) is 11.5. The molecule has 0 bridgehead atoms. The molecule has 2 saturated heterocycles. The summed E-state index contributed by atoms with van der Waals surface area (Å²) in [5, 5.41) is 18.7. The van der Waals surface area contributed by atoms with Crippen molar-refractivity contribution < 1.29 is 18.3 Å². The van der Waals surface area contributed by atoms with Gasteiger partial charge in [0.2, 0.25) is 5.91 Å². The van der Waals surface area contributed by atoms with Gasteiger partial charge in [-0.25, -0.2) is 13.3 Å². The van der Waals surface area contributed by atoms with Crippen molar-refractivity contribution in [1.82, 2.24) is 19.4 Å². The van der Waals surface area contributed by atoms with Crippen molar-refractivity contribution in [1.29, 1.82) is 5.26 Å². The molecular formula is C24H24F2N6O2. The Morgan fingerprint density at radius 1 is 1.24 bits per heavy atom. The number of hydrogen-bond acceptors (Lipinski definition) is 5. The van der Waals surface area contributed by atoms with E-state index >= 15 is 0 Å². The van der Waals surface area contributed by atoms with Crippen LogP contribution in [0.15, 0.2) is 36.9 Å². The zero-order valence-electron chi connectivity index (χ0n) is 18.7. The molecule has 3 aliphatic rings. The molecular weight excluding hydrogens is 442 g/mol. The molecule has 6 rings (SSSR count). The summed E-state index contributed by atoms with van der Waals surface area (Å²) in [5.74, 6) is -2.93. The lowest BCUT2D eigenvalue weighted by molar-refractivity contribution is -0.133. The lowest BCUT2D eigenvalue weighted by Gasteiger charge is -2.29. The highest BCUT2D eigenvalue weighted by Gasteiger charge is 2.61. The van der Waals surface area contributed by atoms with Crippen molar-refractivity contribution in [3.63, 3.8) is 0 Å². The van der Waals surface area contributed by atoms with Gasteiger partial charge in [0.1, 0.15) is 12.0 Å². The van der Waals surface area contributed by atoms with Crippen molar-refractivity contribution in [3.8, 4) is 17.2 Å². The second-order valence-corrected chi connectivity index (χ2v) is 9.78. The molecule has 2 aliphatic heterocycles. The van der Waals surface area contributed by atoms with Crippen LogP contribution in [0.5, 0.6) is 0 Å². The molecule has 176 valence electrons. The van der Waals surface area contributed by atoms with Crippen molar-refractivity contribution in [2.45, 2.75) is 38.2 Å². The van der Waals surface area contributed by atoms with Crippen molar-refractivity contribution in [2.75, 3.05) is 24.7 Å². The van der Waals surface area contributed by atoms with Crippen LogP contribution in [0.4, 0.5) is 14.5 Å². The van der Waals surface area contributed by atoms with E-state index < -0.39 is 24.0 Å². The highest BCUT2D eigenvalue weighted by Crippen LogP contribution is 2.54. The third kappa shape index (κ3) is 3.14. The van der Waals surface area contributed by atoms with Crippen LogP contribution in [0.1, 0.15) is 32.2 Å². The summed E-state index contributed by atoms with van der Waals surface area (Å²) in [6.45, 7) is 2.10. The van der Waals surface area contributed by atoms with Gasteiger partial charge in [0.15, 0.2) is 0 Å². The fourth-order valence-corrected chi connectivity index (χ4v) is 5.56. The Morgan fingerprint density at radius 2 is 2.06 bits per heavy atom. The zero-order valence-corrected chi connectivity index (χ0v) is 18.7. The second kappa shape index (κ2) is 7.34. The van der Waals surface area contributed by atoms with Gasteiger partial charge in [0.05, 0.1) is 36.1 Å². The number of rotatable bonds is 4. The number of fused-ring (bicyclic) bond motifs is 1. The molecule has 5 heterocycles. The fourth-order valence-electron chi connectivity index (χ4n) is 5.56. The Kier molecular flexibility index (Phi) is 4.58. The molecule has 3 fully saturated rings. The van der Waals surface area contributed by atoms with Crippen molar-refractivity contribution in [2.24, 2.45) is 17.3 Å². The normalized spacial score (nSPS) is 29.0. The average Bonchev–Trinajstić information content (AvgIpc) is 3.28. The highest BCUT2D eigenvalue weighted by atomic mass is 19.3. The van der Waals surface area contributed by atoms with Gasteiger partial charge in [-0.1, -0.05) is 6.92 Å². The number of carbonyl (C=O) groups is 1. The molecule has 10 heteroatoms. The highest BCUT2D eigenvalue weighted by molar-refractivity contribution is 6.05. The minimum Gasteiger partial charge on any atom is -0.373 e. The number of amides is 1. The van der Waals surface area contributed by atoms with E-state index in [4.69, 9.17) is 4.74 Å². The third-order valence-corrected chi connectivity index (χ3v) is 7.48. The van der Waals surface area contributed by atoms with Crippen LogP contribution in [0.25, 0.3) is 16.6 Å². The average molecular weight is 466 g/mol. The van der Waals surface area contributed by atoms with E-state index in [-0.39, 0.29) is 30.8 Å². The van der Waals surface area contributed by atoms with E-state index in [1.165, 1.54) is 4.68 Å². The topological polar surface area (TPSA) is 88.4 Å². The molecule has 1 saturated carbocycles. The number of ether oxygens (including phenoxy) is 1. The lowest BCUT2D eigenvalue weighted by atomic mass is 9.75. The van der Waals surface area contributed by atoms with Gasteiger partial charge in [-0.2, -0.15) is 15.5 Å². The molecule has 0 radical (unpaired) electrons. The van der Waals surface area contributed by atoms with Gasteiger partial charge < -0.3 is 9.64 Å². The van der Waals surface area contributed by atoms with Crippen molar-refractivity contribution in [3.05, 3.63) is 36.9 Å². The van der Waals surface area contributed by atoms with Gasteiger partial charge in [-0.3, -0.25) is 9.48 Å². The Bertz CT molecular complexity index is 1320. The van der Waals surface area contributed by atoms with Gasteiger partial charge in [0.25, 0.3) is 5.92 Å². The molecule has 0 aromatic carbocycles. The molecule has 3 aromatic rings. The van der Waals surface area contributed by atoms with Crippen LogP contribution in [0.2, 0.25) is 0 Å². The standard InChI is InChI=1S/C24H24F2N6O2/c1-15-9-30(22(33)24(15,13-27)18-2-3-18)20-4-5-28-32-10-16(6-21(20)32)17-8-29-31(11-17)19-7-23(25,26)14-34-12-19/h4-6,8,10-11,15,18-19H,2-3,7,9,12,14H2,1H3/t15-,19-,24+/m1/s1. The predicted octanol–water partition coefficient (Wildman–Crippen LogP) is 3.70. The fraction of sp³-hybridized carbons (Fsp3) is 0.500. The van der Waals surface area contributed by atoms with Crippen LogP contribution in [-0.2, 0) is 9.53 Å². The summed E-state index contributed by atoms with van der Waals surface area (Å²) >= 11 is 0. The van der Waals surface area contributed by atoms with E-state index in [9.17, 15) is 18.8 Å². The van der Waals surface area contributed by atoms with Gasteiger partial charge in [-0.15, -0.1) is 0 Å². The van der Waals surface area contributed by atoms with E-state index in [1.54, 1.807) is 34.1 Å². The van der Waals surface area contributed by atoms with E-state index in [1.807, 2.05) is 19.2 Å². The summed E-state index contributed by atoms with van der Waals surface area (Å²) in [5.41, 5.74) is 2.06. The number of nitriles is 1. The summed E-state index contributed by atoms with van der Waals surface area (Å²) in [6.07, 6.45) is 8.36. The number of alkyl halides is 2. The minimum atomic E-state index is -2.86. The second-order valence-electron chi connectivity index (χ2n) is 9.78. The van der Waals surface area contributed by atoms with E-state index in [0.29, 0.717) is 12.2 Å². The SMILES string of the molecule is C[C@@H]1CN(c2ccnn3cc(-c4cnn([C@H]5COCC(F)(F)C5)c4)cc23)C(=O)[C@]1(C#N)C1CC1. The Hall–Kier alpha value is -3.32. The first-order valence-corrected chi connectivity index (χ1v) is 11.5. The monoisotopic (exact) mass is 466 g/mol. The Balaban J connectivity index is 1.33. The van der Waals surface area contributed by atoms with Gasteiger partial charge >= 0.3 is 0 Å². The first-order chi connectivity index (χ1) is 16.3.